The standard InChI is InChI=1S/C19H20NO4P/c1-23-25(22,24-2)19(14-13-16-9-5-3-6-10-16)15-18(21)20(19)17-11-7-4-8-12-17/h3-14H,15H2,1-2H3/b14-13+. The molecule has 0 spiro atoms. The minimum absolute atomic E-state index is 0.0597. The molecule has 2 aromatic rings. The van der Waals surface area contributed by atoms with Crippen molar-refractivity contribution in [2.75, 3.05) is 19.1 Å². The van der Waals surface area contributed by atoms with Crippen LogP contribution in [0.3, 0.4) is 0 Å². The van der Waals surface area contributed by atoms with E-state index in [4.69, 9.17) is 9.05 Å². The van der Waals surface area contributed by atoms with Crippen molar-refractivity contribution in [3.05, 3.63) is 72.3 Å². The van der Waals surface area contributed by atoms with Gasteiger partial charge in [0.25, 0.3) is 0 Å². The summed E-state index contributed by atoms with van der Waals surface area (Å²) in [5.41, 5.74) is 1.60. The molecule has 130 valence electrons. The van der Waals surface area contributed by atoms with Crippen molar-refractivity contribution in [1.82, 2.24) is 0 Å². The zero-order valence-corrected chi connectivity index (χ0v) is 15.1. The fourth-order valence-corrected chi connectivity index (χ4v) is 4.92. The van der Waals surface area contributed by atoms with Crippen molar-refractivity contribution in [3.63, 3.8) is 0 Å². The number of hydrogen-bond acceptors (Lipinski definition) is 4. The molecular formula is C19H20NO4P. The molecule has 2 aromatic carbocycles. The normalized spacial score (nSPS) is 20.7. The molecule has 0 bridgehead atoms. The molecule has 1 fully saturated rings. The van der Waals surface area contributed by atoms with Crippen molar-refractivity contribution in [1.29, 1.82) is 0 Å². The summed E-state index contributed by atoms with van der Waals surface area (Å²) in [6.45, 7) is 0. The van der Waals surface area contributed by atoms with E-state index < -0.39 is 12.9 Å². The predicted octanol–water partition coefficient (Wildman–Crippen LogP) is 4.32. The van der Waals surface area contributed by atoms with E-state index in [-0.39, 0.29) is 12.3 Å². The first-order valence-corrected chi connectivity index (χ1v) is 9.44. The van der Waals surface area contributed by atoms with Crippen LogP contribution in [0.1, 0.15) is 12.0 Å². The van der Waals surface area contributed by atoms with Crippen molar-refractivity contribution >= 4 is 25.3 Å². The van der Waals surface area contributed by atoms with Gasteiger partial charge < -0.3 is 9.05 Å². The number of amides is 1. The third-order valence-corrected chi connectivity index (χ3v) is 6.78. The zero-order chi connectivity index (χ0) is 17.9. The van der Waals surface area contributed by atoms with Crippen LogP contribution in [-0.2, 0) is 18.4 Å². The van der Waals surface area contributed by atoms with Gasteiger partial charge in [0.15, 0.2) is 5.28 Å². The van der Waals surface area contributed by atoms with Crippen LogP contribution in [0.4, 0.5) is 5.69 Å². The van der Waals surface area contributed by atoms with Gasteiger partial charge in [0.2, 0.25) is 5.91 Å². The lowest BCUT2D eigenvalue weighted by atomic mass is 9.98. The van der Waals surface area contributed by atoms with Crippen LogP contribution >= 0.6 is 7.60 Å². The highest BCUT2D eigenvalue weighted by Crippen LogP contribution is 2.67. The van der Waals surface area contributed by atoms with Gasteiger partial charge in [0.1, 0.15) is 0 Å². The van der Waals surface area contributed by atoms with E-state index in [0.717, 1.165) is 5.56 Å². The number of carbonyl (C=O) groups is 1. The lowest BCUT2D eigenvalue weighted by Crippen LogP contribution is -2.63. The molecule has 0 aliphatic carbocycles. The van der Waals surface area contributed by atoms with E-state index >= 15 is 0 Å². The lowest BCUT2D eigenvalue weighted by Gasteiger charge is -2.51. The maximum atomic E-state index is 13.3. The number of nitrogens with zero attached hydrogens (tertiary/aromatic N) is 1. The molecule has 5 nitrogen and oxygen atoms in total. The Morgan fingerprint density at radius 1 is 1.00 bits per heavy atom. The molecule has 0 aromatic heterocycles. The summed E-state index contributed by atoms with van der Waals surface area (Å²) < 4.78 is 23.9. The molecule has 6 heteroatoms. The maximum Gasteiger partial charge on any atom is 0.360 e. The molecule has 1 amide bonds. The molecule has 0 radical (unpaired) electrons. The number of anilines is 1. The highest BCUT2D eigenvalue weighted by Gasteiger charge is 2.63. The first-order valence-electron chi connectivity index (χ1n) is 7.90. The highest BCUT2D eigenvalue weighted by molar-refractivity contribution is 7.56. The smallest absolute Gasteiger partial charge is 0.310 e. The average Bonchev–Trinajstić information content (AvgIpc) is 2.65. The van der Waals surface area contributed by atoms with Crippen LogP contribution in [0.25, 0.3) is 6.08 Å². The molecular weight excluding hydrogens is 337 g/mol. The minimum atomic E-state index is -3.59. The van der Waals surface area contributed by atoms with Crippen molar-refractivity contribution in [2.24, 2.45) is 0 Å². The first kappa shape index (κ1) is 17.6. The van der Waals surface area contributed by atoms with Gasteiger partial charge in [-0.3, -0.25) is 14.3 Å². The predicted molar refractivity (Wildman–Crippen MR) is 98.4 cm³/mol. The number of para-hydroxylation sites is 1. The summed E-state index contributed by atoms with van der Waals surface area (Å²) in [5, 5.41) is -1.16. The van der Waals surface area contributed by atoms with Gasteiger partial charge in [-0.25, -0.2) is 0 Å². The second-order valence-corrected chi connectivity index (χ2v) is 8.23. The molecule has 1 aliphatic rings. The topological polar surface area (TPSA) is 55.8 Å². The van der Waals surface area contributed by atoms with Crippen molar-refractivity contribution in [2.45, 2.75) is 11.7 Å². The Hall–Kier alpha value is -2.20. The molecule has 3 rings (SSSR count). The van der Waals surface area contributed by atoms with Gasteiger partial charge in [-0.2, -0.15) is 0 Å². The van der Waals surface area contributed by atoms with Crippen LogP contribution in [0.2, 0.25) is 0 Å². The number of benzene rings is 2. The fourth-order valence-electron chi connectivity index (χ4n) is 3.08. The minimum Gasteiger partial charge on any atom is -0.310 e. The SMILES string of the molecule is COP(=O)(OC)C1(/C=C/c2ccccc2)CC(=O)N1c1ccccc1. The van der Waals surface area contributed by atoms with Crippen LogP contribution in [0.5, 0.6) is 0 Å². The van der Waals surface area contributed by atoms with Gasteiger partial charge in [0, 0.05) is 19.9 Å². The quantitative estimate of drug-likeness (QED) is 0.571. The summed E-state index contributed by atoms with van der Waals surface area (Å²) in [5.74, 6) is -0.127. The summed E-state index contributed by atoms with van der Waals surface area (Å²) in [6.07, 6.45) is 3.65. The molecule has 25 heavy (non-hydrogen) atoms. The molecule has 1 saturated heterocycles. The van der Waals surface area contributed by atoms with Gasteiger partial charge in [-0.05, 0) is 23.8 Å². The Kier molecular flexibility index (Phi) is 4.91. The lowest BCUT2D eigenvalue weighted by molar-refractivity contribution is -0.124. The monoisotopic (exact) mass is 357 g/mol. The Morgan fingerprint density at radius 3 is 2.08 bits per heavy atom. The second kappa shape index (κ2) is 6.96. The Morgan fingerprint density at radius 2 is 1.56 bits per heavy atom. The second-order valence-electron chi connectivity index (χ2n) is 5.73. The molecule has 1 unspecified atom stereocenters. The third-order valence-electron chi connectivity index (χ3n) is 4.36. The van der Waals surface area contributed by atoms with Crippen LogP contribution in [0.15, 0.2) is 66.7 Å². The molecule has 1 heterocycles. The van der Waals surface area contributed by atoms with Crippen LogP contribution in [0, 0.1) is 0 Å². The molecule has 1 aliphatic heterocycles. The third kappa shape index (κ3) is 2.95. The summed E-state index contributed by atoms with van der Waals surface area (Å²) in [7, 11) is -0.911. The van der Waals surface area contributed by atoms with Gasteiger partial charge in [0.05, 0.1) is 6.42 Å². The summed E-state index contributed by atoms with van der Waals surface area (Å²) in [4.78, 5) is 13.9. The van der Waals surface area contributed by atoms with Gasteiger partial charge in [-0.1, -0.05) is 54.6 Å². The van der Waals surface area contributed by atoms with E-state index in [1.54, 1.807) is 18.2 Å². The van der Waals surface area contributed by atoms with Crippen molar-refractivity contribution in [3.8, 4) is 0 Å². The Balaban J connectivity index is 2.09. The molecule has 0 N–H and O–H groups in total. The van der Waals surface area contributed by atoms with E-state index in [1.165, 1.54) is 19.1 Å². The van der Waals surface area contributed by atoms with E-state index in [2.05, 4.69) is 0 Å². The van der Waals surface area contributed by atoms with Crippen molar-refractivity contribution < 1.29 is 18.4 Å². The van der Waals surface area contributed by atoms with E-state index in [9.17, 15) is 9.36 Å². The number of β-lactam (4-membered cyclic amide) rings is 1. The van der Waals surface area contributed by atoms with Crippen LogP contribution in [-0.4, -0.2) is 25.4 Å². The summed E-state index contributed by atoms with van der Waals surface area (Å²) >= 11 is 0. The maximum absolute atomic E-state index is 13.3. The van der Waals surface area contributed by atoms with Crippen LogP contribution < -0.4 is 4.90 Å². The van der Waals surface area contributed by atoms with E-state index in [1.807, 2.05) is 54.6 Å². The Bertz CT molecular complexity index is 814. The fraction of sp³-hybridized carbons (Fsp3) is 0.211. The molecule has 1 atom stereocenters. The number of rotatable bonds is 6. The average molecular weight is 357 g/mol. The summed E-state index contributed by atoms with van der Waals surface area (Å²) in [6, 6.07) is 18.7. The highest BCUT2D eigenvalue weighted by atomic mass is 31.2. The van der Waals surface area contributed by atoms with Gasteiger partial charge >= 0.3 is 7.60 Å². The number of carbonyl (C=O) groups excluding carboxylic acids is 1. The molecule has 0 saturated carbocycles. The Labute approximate surface area is 147 Å². The largest absolute Gasteiger partial charge is 0.360 e. The zero-order valence-electron chi connectivity index (χ0n) is 14.2. The first-order chi connectivity index (χ1) is 12.1. The van der Waals surface area contributed by atoms with E-state index in [0.29, 0.717) is 5.69 Å². The number of hydrogen-bond donors (Lipinski definition) is 0. The van der Waals surface area contributed by atoms with Gasteiger partial charge in [-0.15, -0.1) is 0 Å².